The molecule has 2 heterocycles. The van der Waals surface area contributed by atoms with Gasteiger partial charge in [-0.1, -0.05) is 19.1 Å². The molecular formula is C17H23N3O4. The molecule has 2 atom stereocenters. The van der Waals surface area contributed by atoms with Crippen LogP contribution in [0, 0.1) is 0 Å². The molecule has 1 fully saturated rings. The summed E-state index contributed by atoms with van der Waals surface area (Å²) in [5.74, 6) is -0.130. The summed E-state index contributed by atoms with van der Waals surface area (Å²) in [5, 5.41) is 16.3. The quantitative estimate of drug-likeness (QED) is 0.850. The van der Waals surface area contributed by atoms with E-state index in [1.807, 2.05) is 30.1 Å². The average molecular weight is 333 g/mol. The molecule has 2 aliphatic rings. The first-order valence-electron chi connectivity index (χ1n) is 8.30. The van der Waals surface area contributed by atoms with Crippen LogP contribution in [0.2, 0.25) is 0 Å². The van der Waals surface area contributed by atoms with E-state index in [0.29, 0.717) is 19.5 Å². The second-order valence-corrected chi connectivity index (χ2v) is 6.20. The van der Waals surface area contributed by atoms with Crippen molar-refractivity contribution in [1.29, 1.82) is 0 Å². The third-order valence-electron chi connectivity index (χ3n) is 4.52. The van der Waals surface area contributed by atoms with Crippen LogP contribution >= 0.6 is 0 Å². The second-order valence-electron chi connectivity index (χ2n) is 6.20. The Bertz CT molecular complexity index is 649. The minimum Gasteiger partial charge on any atom is -0.446 e. The summed E-state index contributed by atoms with van der Waals surface area (Å²) in [6.45, 7) is 4.69. The highest BCUT2D eigenvalue weighted by Gasteiger charge is 2.40. The molecule has 2 aliphatic heterocycles. The fraction of sp³-hybridized carbons (Fsp3) is 0.529. The van der Waals surface area contributed by atoms with E-state index in [2.05, 4.69) is 5.32 Å². The number of hydrazine groups is 1. The molecule has 2 unspecified atom stereocenters. The molecule has 0 spiro atoms. The molecule has 2 N–H and O–H groups in total. The van der Waals surface area contributed by atoms with E-state index in [0.717, 1.165) is 23.2 Å². The van der Waals surface area contributed by atoms with Crippen LogP contribution in [-0.2, 0) is 16.0 Å². The minimum atomic E-state index is -0.464. The summed E-state index contributed by atoms with van der Waals surface area (Å²) >= 11 is 0. The Balaban J connectivity index is 1.81. The number of carbonyl (C=O) groups is 2. The number of nitrogens with zero attached hydrogens (tertiary/aromatic N) is 2. The Hall–Kier alpha value is -2.28. The van der Waals surface area contributed by atoms with Crippen molar-refractivity contribution in [3.8, 4) is 0 Å². The number of ether oxygens (including phenoxy) is 1. The lowest BCUT2D eigenvalue weighted by atomic mass is 10.0. The van der Waals surface area contributed by atoms with Crippen LogP contribution in [0.25, 0.3) is 0 Å². The van der Waals surface area contributed by atoms with Crippen molar-refractivity contribution in [3.05, 3.63) is 29.3 Å². The van der Waals surface area contributed by atoms with Crippen LogP contribution in [-0.4, -0.2) is 47.9 Å². The fourth-order valence-corrected chi connectivity index (χ4v) is 3.23. The number of fused-ring (bicyclic) bond motifs is 1. The molecule has 0 radical (unpaired) electrons. The standard InChI is InChI=1S/C17H23N3O4/c1-3-16(22)13-4-5-15-12(8-13)6-7-19(15)20-14(9-18-11(2)21)10-24-17(20)23/h4-5,8,14,16,22H,3,6-7,9-10H2,1-2H3,(H,18,21). The zero-order valence-corrected chi connectivity index (χ0v) is 14.0. The summed E-state index contributed by atoms with van der Waals surface area (Å²) in [6.07, 6.45) is 0.611. The van der Waals surface area contributed by atoms with E-state index in [9.17, 15) is 14.7 Å². The van der Waals surface area contributed by atoms with E-state index in [-0.39, 0.29) is 18.6 Å². The number of benzene rings is 1. The Labute approximate surface area is 141 Å². The molecule has 7 nitrogen and oxygen atoms in total. The second kappa shape index (κ2) is 6.68. The number of aliphatic hydroxyl groups is 1. The molecule has 1 saturated heterocycles. The van der Waals surface area contributed by atoms with E-state index in [1.165, 1.54) is 6.92 Å². The lowest BCUT2D eigenvalue weighted by molar-refractivity contribution is -0.119. The number of cyclic esters (lactones) is 1. The van der Waals surface area contributed by atoms with Crippen molar-refractivity contribution in [2.45, 2.75) is 38.8 Å². The lowest BCUT2D eigenvalue weighted by Gasteiger charge is -2.32. The van der Waals surface area contributed by atoms with E-state index in [1.54, 1.807) is 5.01 Å². The van der Waals surface area contributed by atoms with Crippen LogP contribution in [0.4, 0.5) is 10.5 Å². The summed E-state index contributed by atoms with van der Waals surface area (Å²) in [6, 6.07) is 5.63. The molecule has 0 bridgehead atoms. The predicted octanol–water partition coefficient (Wildman–Crippen LogP) is 1.36. The molecular weight excluding hydrogens is 310 g/mol. The van der Waals surface area contributed by atoms with Crippen molar-refractivity contribution < 1.29 is 19.4 Å². The number of hydrogen-bond acceptors (Lipinski definition) is 5. The molecule has 0 aliphatic carbocycles. The zero-order chi connectivity index (χ0) is 17.3. The van der Waals surface area contributed by atoms with Gasteiger partial charge in [0.05, 0.1) is 11.8 Å². The van der Waals surface area contributed by atoms with Gasteiger partial charge in [0, 0.05) is 20.0 Å². The summed E-state index contributed by atoms with van der Waals surface area (Å²) in [5.41, 5.74) is 2.96. The summed E-state index contributed by atoms with van der Waals surface area (Å²) < 4.78 is 5.17. The van der Waals surface area contributed by atoms with Gasteiger partial charge in [-0.05, 0) is 30.0 Å². The molecule has 0 saturated carbocycles. The van der Waals surface area contributed by atoms with Crippen LogP contribution < -0.4 is 10.3 Å². The maximum atomic E-state index is 12.2. The molecule has 7 heteroatoms. The third-order valence-corrected chi connectivity index (χ3v) is 4.52. The first-order valence-corrected chi connectivity index (χ1v) is 8.30. The van der Waals surface area contributed by atoms with Gasteiger partial charge in [0.1, 0.15) is 12.6 Å². The number of carbonyl (C=O) groups excluding carboxylic acids is 2. The van der Waals surface area contributed by atoms with Crippen LogP contribution in [0.3, 0.4) is 0 Å². The first kappa shape index (κ1) is 16.6. The predicted molar refractivity (Wildman–Crippen MR) is 88.4 cm³/mol. The lowest BCUT2D eigenvalue weighted by Crippen LogP contribution is -2.51. The minimum absolute atomic E-state index is 0.130. The largest absolute Gasteiger partial charge is 0.446 e. The SMILES string of the molecule is CCC(O)c1ccc2c(c1)CCN2N1C(=O)OCC1CNC(C)=O. The van der Waals surface area contributed by atoms with Crippen LogP contribution in [0.15, 0.2) is 18.2 Å². The highest BCUT2D eigenvalue weighted by Crippen LogP contribution is 2.34. The van der Waals surface area contributed by atoms with Gasteiger partial charge in [0.15, 0.2) is 0 Å². The van der Waals surface area contributed by atoms with Gasteiger partial charge in [-0.15, -0.1) is 0 Å². The Kier molecular flexibility index (Phi) is 4.62. The maximum Gasteiger partial charge on any atom is 0.429 e. The van der Waals surface area contributed by atoms with E-state index < -0.39 is 12.2 Å². The molecule has 0 aromatic heterocycles. The molecule has 2 amide bonds. The van der Waals surface area contributed by atoms with Crippen molar-refractivity contribution in [3.63, 3.8) is 0 Å². The number of aliphatic hydroxyl groups excluding tert-OH is 1. The number of amides is 2. The van der Waals surface area contributed by atoms with Gasteiger partial charge in [-0.2, -0.15) is 0 Å². The number of anilines is 1. The molecule has 24 heavy (non-hydrogen) atoms. The van der Waals surface area contributed by atoms with E-state index >= 15 is 0 Å². The summed E-state index contributed by atoms with van der Waals surface area (Å²) in [7, 11) is 0. The third kappa shape index (κ3) is 3.03. The Morgan fingerprint density at radius 3 is 3.00 bits per heavy atom. The number of hydrogen-bond donors (Lipinski definition) is 2. The molecule has 1 aromatic carbocycles. The zero-order valence-electron chi connectivity index (χ0n) is 14.0. The summed E-state index contributed by atoms with van der Waals surface area (Å²) in [4.78, 5) is 23.3. The van der Waals surface area contributed by atoms with Crippen molar-refractivity contribution in [2.75, 3.05) is 24.7 Å². The van der Waals surface area contributed by atoms with E-state index in [4.69, 9.17) is 4.74 Å². The van der Waals surface area contributed by atoms with Crippen LogP contribution in [0.1, 0.15) is 37.5 Å². The Morgan fingerprint density at radius 1 is 1.50 bits per heavy atom. The van der Waals surface area contributed by atoms with Gasteiger partial charge < -0.3 is 15.2 Å². The van der Waals surface area contributed by atoms with Gasteiger partial charge in [0.25, 0.3) is 0 Å². The highest BCUT2D eigenvalue weighted by molar-refractivity contribution is 5.75. The first-order chi connectivity index (χ1) is 11.5. The fourth-order valence-electron chi connectivity index (χ4n) is 3.23. The average Bonchev–Trinajstić information content (AvgIpc) is 3.14. The monoisotopic (exact) mass is 333 g/mol. The normalized spacial score (nSPS) is 20.8. The van der Waals surface area contributed by atoms with Crippen molar-refractivity contribution >= 4 is 17.7 Å². The maximum absolute atomic E-state index is 12.2. The topological polar surface area (TPSA) is 82.1 Å². The number of nitrogens with one attached hydrogen (secondary N) is 1. The Morgan fingerprint density at radius 2 is 2.29 bits per heavy atom. The number of rotatable bonds is 5. The smallest absolute Gasteiger partial charge is 0.429 e. The highest BCUT2D eigenvalue weighted by atomic mass is 16.6. The van der Waals surface area contributed by atoms with Gasteiger partial charge in [-0.25, -0.2) is 9.80 Å². The van der Waals surface area contributed by atoms with Crippen molar-refractivity contribution in [1.82, 2.24) is 10.3 Å². The van der Waals surface area contributed by atoms with Gasteiger partial charge in [0.2, 0.25) is 5.91 Å². The van der Waals surface area contributed by atoms with Gasteiger partial charge in [-0.3, -0.25) is 9.80 Å². The molecule has 1 aromatic rings. The van der Waals surface area contributed by atoms with Gasteiger partial charge >= 0.3 is 6.09 Å². The van der Waals surface area contributed by atoms with Crippen molar-refractivity contribution in [2.24, 2.45) is 0 Å². The molecule has 130 valence electrons. The molecule has 3 rings (SSSR count). The van der Waals surface area contributed by atoms with Crippen LogP contribution in [0.5, 0.6) is 0 Å².